The second kappa shape index (κ2) is 1.86. The molecule has 0 aromatic heterocycles. The average Bonchev–Trinajstić information content (AvgIpc) is 2.50. The molecule has 12 heavy (non-hydrogen) atoms. The molecular formula is C10H14O2. The summed E-state index contributed by atoms with van der Waals surface area (Å²) in [6.45, 7) is 0. The van der Waals surface area contributed by atoms with Crippen molar-refractivity contribution in [3.05, 3.63) is 0 Å². The molecule has 3 saturated carbocycles. The number of fused-ring (bicyclic) bond motifs is 1. The number of carboxylic acid groups (broad SMARTS) is 1. The van der Waals surface area contributed by atoms with E-state index < -0.39 is 5.97 Å². The molecule has 0 spiro atoms. The zero-order chi connectivity index (χ0) is 8.34. The highest BCUT2D eigenvalue weighted by molar-refractivity contribution is 5.81. The maximum Gasteiger partial charge on any atom is 0.310 e. The van der Waals surface area contributed by atoms with Crippen LogP contribution in [0.15, 0.2) is 0 Å². The van der Waals surface area contributed by atoms with Crippen LogP contribution < -0.4 is 0 Å². The molecule has 0 saturated heterocycles. The summed E-state index contributed by atoms with van der Waals surface area (Å²) in [5, 5.41) is 9.22. The molecule has 2 heteroatoms. The lowest BCUT2D eigenvalue weighted by molar-refractivity contribution is -0.147. The van der Waals surface area contributed by atoms with Gasteiger partial charge in [0.05, 0.1) is 5.41 Å². The first-order chi connectivity index (χ1) is 5.78. The third-order valence-corrected chi connectivity index (χ3v) is 4.54. The molecule has 1 N–H and O–H groups in total. The number of hydrogen-bond donors (Lipinski definition) is 1. The highest BCUT2D eigenvalue weighted by Gasteiger charge is 2.76. The van der Waals surface area contributed by atoms with Gasteiger partial charge in [-0.1, -0.05) is 6.42 Å². The zero-order valence-electron chi connectivity index (χ0n) is 7.12. The predicted octanol–water partition coefficient (Wildman–Crippen LogP) is 1.90. The van der Waals surface area contributed by atoms with Crippen LogP contribution >= 0.6 is 0 Å². The first kappa shape index (κ1) is 6.93. The van der Waals surface area contributed by atoms with Crippen molar-refractivity contribution in [1.29, 1.82) is 0 Å². The van der Waals surface area contributed by atoms with E-state index >= 15 is 0 Å². The Labute approximate surface area is 72.0 Å². The minimum absolute atomic E-state index is 0.210. The Morgan fingerprint density at radius 1 is 1.17 bits per heavy atom. The van der Waals surface area contributed by atoms with Gasteiger partial charge in [-0.25, -0.2) is 0 Å². The summed E-state index contributed by atoms with van der Waals surface area (Å²) < 4.78 is 0. The van der Waals surface area contributed by atoms with Crippen molar-refractivity contribution in [1.82, 2.24) is 0 Å². The molecule has 3 aliphatic carbocycles. The Kier molecular flexibility index (Phi) is 1.07. The van der Waals surface area contributed by atoms with Gasteiger partial charge < -0.3 is 5.11 Å². The molecule has 0 amide bonds. The van der Waals surface area contributed by atoms with E-state index in [1.54, 1.807) is 0 Å². The minimum atomic E-state index is -0.486. The van der Waals surface area contributed by atoms with Gasteiger partial charge in [0.25, 0.3) is 0 Å². The topological polar surface area (TPSA) is 37.3 Å². The van der Waals surface area contributed by atoms with Crippen molar-refractivity contribution in [2.24, 2.45) is 23.2 Å². The molecule has 0 unspecified atom stereocenters. The smallest absolute Gasteiger partial charge is 0.310 e. The largest absolute Gasteiger partial charge is 0.481 e. The second-order valence-corrected chi connectivity index (χ2v) is 4.66. The van der Waals surface area contributed by atoms with E-state index in [-0.39, 0.29) is 5.41 Å². The van der Waals surface area contributed by atoms with Gasteiger partial charge in [-0.15, -0.1) is 0 Å². The van der Waals surface area contributed by atoms with Gasteiger partial charge in [-0.2, -0.15) is 0 Å². The molecule has 0 bridgehead atoms. The summed E-state index contributed by atoms with van der Waals surface area (Å²) in [4.78, 5) is 11.2. The van der Waals surface area contributed by atoms with Crippen LogP contribution in [0.5, 0.6) is 0 Å². The SMILES string of the molecule is O=C(O)[C@]12[C@H]3CCC[C@@H]1[C@@H]2CC3. The Balaban J connectivity index is 2.01. The zero-order valence-corrected chi connectivity index (χ0v) is 7.12. The molecule has 0 radical (unpaired) electrons. The van der Waals surface area contributed by atoms with Gasteiger partial charge in [0.2, 0.25) is 0 Å². The molecule has 4 atom stereocenters. The molecule has 0 aliphatic heterocycles. The minimum Gasteiger partial charge on any atom is -0.481 e. The van der Waals surface area contributed by atoms with Crippen molar-refractivity contribution in [2.45, 2.75) is 32.1 Å². The Bertz CT molecular complexity index is 238. The summed E-state index contributed by atoms with van der Waals surface area (Å²) in [6.07, 6.45) is 6.03. The fourth-order valence-corrected chi connectivity index (χ4v) is 4.13. The summed E-state index contributed by atoms with van der Waals surface area (Å²) in [5.41, 5.74) is -0.210. The molecule has 3 aliphatic rings. The van der Waals surface area contributed by atoms with Crippen molar-refractivity contribution >= 4 is 5.97 Å². The van der Waals surface area contributed by atoms with Gasteiger partial charge in [0, 0.05) is 0 Å². The molecule has 0 heterocycles. The fraction of sp³-hybridized carbons (Fsp3) is 0.900. The standard InChI is InChI=1S/C10H14O2/c11-9(12)10-6-2-1-3-7(10)8(10)5-4-6/h6-8H,1-5H2,(H,11,12)/t6-,7+,8-,10+/m0/s1. The van der Waals surface area contributed by atoms with Crippen LogP contribution in [0.1, 0.15) is 32.1 Å². The lowest BCUT2D eigenvalue weighted by Gasteiger charge is -2.26. The van der Waals surface area contributed by atoms with E-state index in [1.807, 2.05) is 0 Å². The Morgan fingerprint density at radius 3 is 2.50 bits per heavy atom. The van der Waals surface area contributed by atoms with E-state index in [4.69, 9.17) is 0 Å². The van der Waals surface area contributed by atoms with Crippen LogP contribution in [0.4, 0.5) is 0 Å². The van der Waals surface area contributed by atoms with Crippen molar-refractivity contribution in [3.63, 3.8) is 0 Å². The normalized spacial score (nSPS) is 54.8. The molecule has 0 aromatic carbocycles. The van der Waals surface area contributed by atoms with E-state index in [1.165, 1.54) is 32.1 Å². The summed E-state index contributed by atoms with van der Waals surface area (Å²) in [7, 11) is 0. The second-order valence-electron chi connectivity index (χ2n) is 4.66. The molecule has 2 nitrogen and oxygen atoms in total. The van der Waals surface area contributed by atoms with Crippen molar-refractivity contribution in [3.8, 4) is 0 Å². The molecule has 0 aromatic rings. The van der Waals surface area contributed by atoms with Gasteiger partial charge in [0.15, 0.2) is 0 Å². The van der Waals surface area contributed by atoms with E-state index in [0.29, 0.717) is 17.8 Å². The monoisotopic (exact) mass is 166 g/mol. The quantitative estimate of drug-likeness (QED) is 0.646. The van der Waals surface area contributed by atoms with Gasteiger partial charge in [-0.05, 0) is 43.4 Å². The van der Waals surface area contributed by atoms with Crippen LogP contribution in [-0.2, 0) is 4.79 Å². The third kappa shape index (κ3) is 0.511. The van der Waals surface area contributed by atoms with Crippen molar-refractivity contribution in [2.75, 3.05) is 0 Å². The fourth-order valence-electron chi connectivity index (χ4n) is 4.13. The van der Waals surface area contributed by atoms with E-state index in [0.717, 1.165) is 0 Å². The lowest BCUT2D eigenvalue weighted by Crippen LogP contribution is -2.28. The molecule has 66 valence electrons. The predicted molar refractivity (Wildman–Crippen MR) is 43.6 cm³/mol. The van der Waals surface area contributed by atoms with Crippen LogP contribution in [-0.4, -0.2) is 11.1 Å². The van der Waals surface area contributed by atoms with Crippen molar-refractivity contribution < 1.29 is 9.90 Å². The van der Waals surface area contributed by atoms with Gasteiger partial charge >= 0.3 is 5.97 Å². The summed E-state index contributed by atoms with van der Waals surface area (Å²) in [6, 6.07) is 0. The first-order valence-electron chi connectivity index (χ1n) is 5.01. The number of rotatable bonds is 1. The van der Waals surface area contributed by atoms with Gasteiger partial charge in [0.1, 0.15) is 0 Å². The molecule has 3 rings (SSSR count). The first-order valence-corrected chi connectivity index (χ1v) is 5.01. The van der Waals surface area contributed by atoms with Crippen LogP contribution in [0.2, 0.25) is 0 Å². The number of carboxylic acids is 1. The Morgan fingerprint density at radius 2 is 1.92 bits per heavy atom. The number of carbonyl (C=O) groups is 1. The number of hydrogen-bond acceptors (Lipinski definition) is 1. The van der Waals surface area contributed by atoms with Gasteiger partial charge in [-0.3, -0.25) is 4.79 Å². The molecule has 3 fully saturated rings. The lowest BCUT2D eigenvalue weighted by atomic mass is 9.78. The highest BCUT2D eigenvalue weighted by atomic mass is 16.4. The van der Waals surface area contributed by atoms with Crippen LogP contribution in [0, 0.1) is 23.2 Å². The summed E-state index contributed by atoms with van der Waals surface area (Å²) in [5.74, 6) is 1.20. The third-order valence-electron chi connectivity index (χ3n) is 4.54. The number of aliphatic carboxylic acids is 1. The maximum atomic E-state index is 11.2. The molecular weight excluding hydrogens is 152 g/mol. The van der Waals surface area contributed by atoms with E-state index in [2.05, 4.69) is 0 Å². The highest BCUT2D eigenvalue weighted by Crippen LogP contribution is 2.75. The summed E-state index contributed by atoms with van der Waals surface area (Å²) >= 11 is 0. The van der Waals surface area contributed by atoms with Crippen LogP contribution in [0.3, 0.4) is 0 Å². The average molecular weight is 166 g/mol. The Hall–Kier alpha value is -0.530. The van der Waals surface area contributed by atoms with E-state index in [9.17, 15) is 9.90 Å². The van der Waals surface area contributed by atoms with Crippen LogP contribution in [0.25, 0.3) is 0 Å². The maximum absolute atomic E-state index is 11.2.